The normalized spacial score (nSPS) is 11.3. The number of phenols is 2. The molecular weight excluding hydrogens is 743 g/mol. The van der Waals surface area contributed by atoms with Gasteiger partial charge in [0.05, 0.1) is 12.7 Å². The summed E-state index contributed by atoms with van der Waals surface area (Å²) in [6.45, 7) is 0. The monoisotopic (exact) mass is 762 g/mol. The van der Waals surface area contributed by atoms with Crippen molar-refractivity contribution in [2.24, 2.45) is 0 Å². The maximum Gasteiger partial charge on any atom is 0.417 e. The van der Waals surface area contributed by atoms with Crippen LogP contribution in [0, 0.1) is 7.14 Å². The number of aromatic hydroxyl groups is 2. The molecule has 0 atom stereocenters. The summed E-state index contributed by atoms with van der Waals surface area (Å²) in [6, 6.07) is 26.3. The van der Waals surface area contributed by atoms with Gasteiger partial charge in [-0.05, 0) is 97.8 Å². The van der Waals surface area contributed by atoms with Gasteiger partial charge in [-0.15, -0.1) is 0 Å². The number of aromatic nitrogens is 2. The fourth-order valence-corrected chi connectivity index (χ4v) is 5.57. The van der Waals surface area contributed by atoms with E-state index in [1.807, 2.05) is 59.0 Å². The number of benzene rings is 4. The second kappa shape index (κ2) is 11.6. The van der Waals surface area contributed by atoms with Crippen LogP contribution in [-0.2, 0) is 6.18 Å². The highest BCUT2D eigenvalue weighted by Gasteiger charge is 2.33. The average molecular weight is 762 g/mol. The third-order valence-corrected chi connectivity index (χ3v) is 7.89. The van der Waals surface area contributed by atoms with E-state index in [9.17, 15) is 23.4 Å². The van der Waals surface area contributed by atoms with Crippen molar-refractivity contribution in [1.29, 1.82) is 0 Å². The van der Waals surface area contributed by atoms with Gasteiger partial charge in [0.15, 0.2) is 11.5 Å². The SMILES string of the molecule is Oc1c(I)cc(-c2ccccc2)c2cccnc12.Oc1c(I)cc(-c2ccccc2C(F)(F)F)c2cccnc12. The highest BCUT2D eigenvalue weighted by Crippen LogP contribution is 2.42. The second-order valence-electron chi connectivity index (χ2n) is 8.72. The molecule has 9 heteroatoms. The molecule has 0 saturated heterocycles. The van der Waals surface area contributed by atoms with Crippen LogP contribution in [0.1, 0.15) is 5.56 Å². The molecule has 0 aliphatic heterocycles. The first-order chi connectivity index (χ1) is 19.2. The van der Waals surface area contributed by atoms with E-state index in [0.29, 0.717) is 25.6 Å². The van der Waals surface area contributed by atoms with Crippen molar-refractivity contribution in [1.82, 2.24) is 9.97 Å². The number of alkyl halides is 3. The smallest absolute Gasteiger partial charge is 0.417 e. The molecule has 0 saturated carbocycles. The lowest BCUT2D eigenvalue weighted by Crippen LogP contribution is -2.07. The number of hydrogen-bond acceptors (Lipinski definition) is 4. The molecule has 200 valence electrons. The van der Waals surface area contributed by atoms with Crippen molar-refractivity contribution in [2.75, 3.05) is 0 Å². The van der Waals surface area contributed by atoms with Gasteiger partial charge >= 0.3 is 6.18 Å². The van der Waals surface area contributed by atoms with Gasteiger partial charge in [0.25, 0.3) is 0 Å². The predicted molar refractivity (Wildman–Crippen MR) is 168 cm³/mol. The van der Waals surface area contributed by atoms with Crippen LogP contribution < -0.4 is 0 Å². The summed E-state index contributed by atoms with van der Waals surface area (Å²) in [7, 11) is 0. The van der Waals surface area contributed by atoms with Gasteiger partial charge in [0.2, 0.25) is 0 Å². The molecule has 0 aliphatic carbocycles. The number of pyridine rings is 2. The zero-order valence-corrected chi connectivity index (χ0v) is 24.8. The summed E-state index contributed by atoms with van der Waals surface area (Å²) in [5.74, 6) is 0.232. The van der Waals surface area contributed by atoms with Gasteiger partial charge in [-0.3, -0.25) is 9.97 Å². The Balaban J connectivity index is 0.000000164. The molecule has 0 amide bonds. The number of halogens is 5. The fraction of sp³-hybridized carbons (Fsp3) is 0.0323. The van der Waals surface area contributed by atoms with Gasteiger partial charge in [0, 0.05) is 23.2 Å². The zero-order valence-electron chi connectivity index (χ0n) is 20.5. The van der Waals surface area contributed by atoms with E-state index in [-0.39, 0.29) is 17.1 Å². The maximum atomic E-state index is 13.2. The first-order valence-corrected chi connectivity index (χ1v) is 14.1. The van der Waals surface area contributed by atoms with Gasteiger partial charge in [-0.1, -0.05) is 60.7 Å². The van der Waals surface area contributed by atoms with Crippen LogP contribution in [0.5, 0.6) is 11.5 Å². The summed E-state index contributed by atoms with van der Waals surface area (Å²) in [6.07, 6.45) is -1.25. The number of hydrogen-bond donors (Lipinski definition) is 2. The van der Waals surface area contributed by atoms with E-state index in [1.54, 1.807) is 30.5 Å². The van der Waals surface area contributed by atoms with Crippen LogP contribution in [-0.4, -0.2) is 20.2 Å². The summed E-state index contributed by atoms with van der Waals surface area (Å²) < 4.78 is 41.0. The van der Waals surface area contributed by atoms with Crippen LogP contribution in [0.2, 0.25) is 0 Å². The van der Waals surface area contributed by atoms with Crippen LogP contribution in [0.15, 0.2) is 103 Å². The van der Waals surface area contributed by atoms with E-state index < -0.39 is 11.7 Å². The summed E-state index contributed by atoms with van der Waals surface area (Å²) in [4.78, 5) is 8.36. The largest absolute Gasteiger partial charge is 0.505 e. The minimum atomic E-state index is -4.45. The standard InChI is InChI=1S/C16H9F3INO.C15H10INO/c17-16(18,19)12-6-2-1-4-9(12)11-8-13(20)15(22)14-10(11)5-3-7-21-14;16-13-9-12(10-5-2-1-3-6-10)11-7-4-8-17-14(11)15(13)18/h1-8,22H;1-9,18H. The lowest BCUT2D eigenvalue weighted by atomic mass is 9.95. The summed E-state index contributed by atoms with van der Waals surface area (Å²) in [5, 5.41) is 21.6. The Labute approximate surface area is 254 Å². The second-order valence-corrected chi connectivity index (χ2v) is 11.0. The first kappa shape index (κ1) is 28.1. The molecule has 2 heterocycles. The van der Waals surface area contributed by atoms with Gasteiger partial charge in [-0.2, -0.15) is 13.2 Å². The van der Waals surface area contributed by atoms with E-state index in [1.165, 1.54) is 18.3 Å². The van der Waals surface area contributed by atoms with Gasteiger partial charge in [-0.25, -0.2) is 0 Å². The highest BCUT2D eigenvalue weighted by molar-refractivity contribution is 14.1. The Morgan fingerprint density at radius 3 is 1.65 bits per heavy atom. The quantitative estimate of drug-likeness (QED) is 0.173. The average Bonchev–Trinajstić information content (AvgIpc) is 2.97. The third-order valence-electron chi connectivity index (χ3n) is 6.25. The third kappa shape index (κ3) is 5.57. The molecule has 0 spiro atoms. The molecule has 2 N–H and O–H groups in total. The van der Waals surface area contributed by atoms with Crippen molar-refractivity contribution >= 4 is 67.0 Å². The summed E-state index contributed by atoms with van der Waals surface area (Å²) >= 11 is 4.02. The van der Waals surface area contributed by atoms with E-state index in [0.717, 1.165) is 26.1 Å². The Morgan fingerprint density at radius 2 is 1.07 bits per heavy atom. The maximum absolute atomic E-state index is 13.2. The molecule has 0 fully saturated rings. The van der Waals surface area contributed by atoms with Gasteiger partial charge < -0.3 is 10.2 Å². The molecule has 4 aromatic carbocycles. The van der Waals surface area contributed by atoms with Crippen LogP contribution >= 0.6 is 45.2 Å². The van der Waals surface area contributed by atoms with Crippen molar-refractivity contribution in [2.45, 2.75) is 6.18 Å². The summed E-state index contributed by atoms with van der Waals surface area (Å²) in [5.41, 5.74) is 2.95. The topological polar surface area (TPSA) is 66.2 Å². The minimum Gasteiger partial charge on any atom is -0.505 e. The molecular formula is C31H19F3I2N2O2. The number of fused-ring (bicyclic) bond motifs is 2. The van der Waals surface area contributed by atoms with Crippen molar-refractivity contribution in [3.8, 4) is 33.8 Å². The number of nitrogens with zero attached hydrogens (tertiary/aromatic N) is 2. The van der Waals surface area contributed by atoms with Crippen molar-refractivity contribution in [3.63, 3.8) is 0 Å². The zero-order chi connectivity index (χ0) is 28.4. The lowest BCUT2D eigenvalue weighted by molar-refractivity contribution is -0.137. The number of phenolic OH excluding ortho intramolecular Hbond substituents is 2. The Hall–Kier alpha value is -3.45. The Kier molecular flexibility index (Phi) is 8.13. The predicted octanol–water partition coefficient (Wildman–Crippen LogP) is 9.44. The van der Waals surface area contributed by atoms with E-state index in [2.05, 4.69) is 44.7 Å². The molecule has 0 aliphatic rings. The van der Waals surface area contributed by atoms with Crippen molar-refractivity contribution < 1.29 is 23.4 Å². The molecule has 6 rings (SSSR count). The van der Waals surface area contributed by atoms with Crippen LogP contribution in [0.25, 0.3) is 44.1 Å². The fourth-order valence-electron chi connectivity index (χ4n) is 4.44. The molecule has 40 heavy (non-hydrogen) atoms. The van der Waals surface area contributed by atoms with E-state index in [4.69, 9.17) is 0 Å². The Bertz CT molecular complexity index is 1850. The molecule has 0 bridgehead atoms. The lowest BCUT2D eigenvalue weighted by Gasteiger charge is -2.15. The molecule has 6 aromatic rings. The van der Waals surface area contributed by atoms with Crippen LogP contribution in [0.3, 0.4) is 0 Å². The van der Waals surface area contributed by atoms with Crippen molar-refractivity contribution in [3.05, 3.63) is 116 Å². The minimum absolute atomic E-state index is 0.0237. The Morgan fingerprint density at radius 1 is 0.575 bits per heavy atom. The van der Waals surface area contributed by atoms with Crippen LogP contribution in [0.4, 0.5) is 13.2 Å². The molecule has 0 radical (unpaired) electrons. The first-order valence-electron chi connectivity index (χ1n) is 11.9. The molecule has 0 unspecified atom stereocenters. The molecule has 4 nitrogen and oxygen atoms in total. The van der Waals surface area contributed by atoms with E-state index >= 15 is 0 Å². The van der Waals surface area contributed by atoms with Gasteiger partial charge in [0.1, 0.15) is 11.0 Å². The molecule has 2 aromatic heterocycles. The highest BCUT2D eigenvalue weighted by atomic mass is 127. The number of rotatable bonds is 2.